The maximum Gasteiger partial charge on any atom is 0.193 e. The molecule has 5 nitrogen and oxygen atoms in total. The topological polar surface area (TPSA) is 46.1 Å². The molecule has 1 saturated heterocycles. The molecule has 0 aromatic heterocycles. The lowest BCUT2D eigenvalue weighted by Gasteiger charge is -2.23. The number of ether oxygens (including phenoxy) is 2. The standard InChI is InChI=1S/C16H33N3O2.HI/c1-5-14(6-2)11-18-16(17-3)19-8-7-15(12-19)13-21-10-9-20-4;/h14-15H,5-13H2,1-4H3,(H,17,18);1H. The van der Waals surface area contributed by atoms with Crippen molar-refractivity contribution in [2.75, 3.05) is 53.6 Å². The predicted molar refractivity (Wildman–Crippen MR) is 103 cm³/mol. The average Bonchev–Trinajstić information content (AvgIpc) is 2.97. The van der Waals surface area contributed by atoms with Gasteiger partial charge in [0, 0.05) is 39.7 Å². The van der Waals surface area contributed by atoms with Crippen LogP contribution in [0, 0.1) is 11.8 Å². The Morgan fingerprint density at radius 1 is 1.32 bits per heavy atom. The van der Waals surface area contributed by atoms with E-state index >= 15 is 0 Å². The number of rotatable bonds is 9. The Morgan fingerprint density at radius 2 is 2.05 bits per heavy atom. The SMILES string of the molecule is CCC(CC)CNC(=NC)N1CCC(COCCOC)C1.I. The van der Waals surface area contributed by atoms with E-state index in [1.54, 1.807) is 7.11 Å². The highest BCUT2D eigenvalue weighted by Crippen LogP contribution is 2.17. The van der Waals surface area contributed by atoms with Crippen LogP contribution in [0.1, 0.15) is 33.1 Å². The average molecular weight is 427 g/mol. The number of methoxy groups -OCH3 is 1. The zero-order valence-electron chi connectivity index (χ0n) is 14.6. The van der Waals surface area contributed by atoms with E-state index < -0.39 is 0 Å². The molecule has 22 heavy (non-hydrogen) atoms. The van der Waals surface area contributed by atoms with Crippen LogP contribution in [0.2, 0.25) is 0 Å². The van der Waals surface area contributed by atoms with Gasteiger partial charge in [-0.3, -0.25) is 4.99 Å². The van der Waals surface area contributed by atoms with Gasteiger partial charge in [0.1, 0.15) is 0 Å². The lowest BCUT2D eigenvalue weighted by Crippen LogP contribution is -2.42. The lowest BCUT2D eigenvalue weighted by molar-refractivity contribution is 0.0536. The summed E-state index contributed by atoms with van der Waals surface area (Å²) < 4.78 is 10.6. The van der Waals surface area contributed by atoms with Gasteiger partial charge >= 0.3 is 0 Å². The fourth-order valence-electron chi connectivity index (χ4n) is 2.70. The van der Waals surface area contributed by atoms with E-state index in [9.17, 15) is 0 Å². The number of hydrogen-bond donors (Lipinski definition) is 1. The van der Waals surface area contributed by atoms with Crippen molar-refractivity contribution in [2.45, 2.75) is 33.1 Å². The smallest absolute Gasteiger partial charge is 0.193 e. The van der Waals surface area contributed by atoms with Crippen molar-refractivity contribution >= 4 is 29.9 Å². The molecule has 0 aliphatic carbocycles. The highest BCUT2D eigenvalue weighted by atomic mass is 127. The van der Waals surface area contributed by atoms with E-state index in [0.29, 0.717) is 19.1 Å². The second-order valence-corrected chi connectivity index (χ2v) is 5.78. The quantitative estimate of drug-likeness (QED) is 0.266. The van der Waals surface area contributed by atoms with Gasteiger partial charge in [0.15, 0.2) is 5.96 Å². The van der Waals surface area contributed by atoms with Gasteiger partial charge < -0.3 is 19.7 Å². The van der Waals surface area contributed by atoms with Crippen molar-refractivity contribution in [2.24, 2.45) is 16.8 Å². The fraction of sp³-hybridized carbons (Fsp3) is 0.938. The summed E-state index contributed by atoms with van der Waals surface area (Å²) in [5.41, 5.74) is 0. The molecule has 0 aromatic rings. The summed E-state index contributed by atoms with van der Waals surface area (Å²) in [7, 11) is 3.58. The molecule has 0 spiro atoms. The molecule has 1 fully saturated rings. The molecule has 0 radical (unpaired) electrons. The maximum absolute atomic E-state index is 5.64. The molecule has 6 heteroatoms. The number of nitrogens with zero attached hydrogens (tertiary/aromatic N) is 2. The van der Waals surface area contributed by atoms with Crippen LogP contribution in [0.15, 0.2) is 4.99 Å². The summed E-state index contributed by atoms with van der Waals surface area (Å²) >= 11 is 0. The third kappa shape index (κ3) is 7.97. The van der Waals surface area contributed by atoms with Crippen LogP contribution in [0.5, 0.6) is 0 Å². The van der Waals surface area contributed by atoms with Crippen LogP contribution < -0.4 is 5.32 Å². The number of nitrogens with one attached hydrogen (secondary N) is 1. The lowest BCUT2D eigenvalue weighted by atomic mass is 10.0. The summed E-state index contributed by atoms with van der Waals surface area (Å²) in [5.74, 6) is 2.38. The van der Waals surface area contributed by atoms with Gasteiger partial charge in [-0.05, 0) is 12.3 Å². The van der Waals surface area contributed by atoms with Crippen LogP contribution in [0.3, 0.4) is 0 Å². The number of halogens is 1. The van der Waals surface area contributed by atoms with Gasteiger partial charge in [-0.25, -0.2) is 0 Å². The summed E-state index contributed by atoms with van der Waals surface area (Å²) in [4.78, 5) is 6.78. The van der Waals surface area contributed by atoms with Crippen molar-refractivity contribution in [3.8, 4) is 0 Å². The minimum atomic E-state index is 0. The molecule has 1 rings (SSSR count). The monoisotopic (exact) mass is 427 g/mol. The third-order valence-electron chi connectivity index (χ3n) is 4.29. The van der Waals surface area contributed by atoms with Crippen LogP contribution in [0.4, 0.5) is 0 Å². The molecule has 1 aliphatic heterocycles. The Labute approximate surface area is 153 Å². The summed E-state index contributed by atoms with van der Waals surface area (Å²) in [5, 5.41) is 3.53. The number of hydrogen-bond acceptors (Lipinski definition) is 3. The molecule has 0 bridgehead atoms. The molecule has 1 aliphatic rings. The van der Waals surface area contributed by atoms with Gasteiger partial charge in [0.05, 0.1) is 19.8 Å². The van der Waals surface area contributed by atoms with Crippen LogP contribution in [-0.4, -0.2) is 64.5 Å². The minimum Gasteiger partial charge on any atom is -0.382 e. The van der Waals surface area contributed by atoms with E-state index in [4.69, 9.17) is 9.47 Å². The van der Waals surface area contributed by atoms with Crippen LogP contribution >= 0.6 is 24.0 Å². The normalized spacial score (nSPS) is 18.7. The predicted octanol–water partition coefficient (Wildman–Crippen LogP) is 2.60. The van der Waals surface area contributed by atoms with Gasteiger partial charge in [0.2, 0.25) is 0 Å². The first-order chi connectivity index (χ1) is 10.2. The Kier molecular flexibility index (Phi) is 13.3. The second-order valence-electron chi connectivity index (χ2n) is 5.78. The van der Waals surface area contributed by atoms with Gasteiger partial charge in [-0.15, -0.1) is 24.0 Å². The molecule has 132 valence electrons. The fourth-order valence-corrected chi connectivity index (χ4v) is 2.70. The molecular weight excluding hydrogens is 393 g/mol. The van der Waals surface area contributed by atoms with Crippen molar-refractivity contribution < 1.29 is 9.47 Å². The van der Waals surface area contributed by atoms with E-state index in [2.05, 4.69) is 29.1 Å². The summed E-state index contributed by atoms with van der Waals surface area (Å²) in [6, 6.07) is 0. The number of likely N-dealkylation sites (tertiary alicyclic amines) is 1. The van der Waals surface area contributed by atoms with Gasteiger partial charge in [0.25, 0.3) is 0 Å². The molecule has 1 atom stereocenters. The van der Waals surface area contributed by atoms with Crippen LogP contribution in [0.25, 0.3) is 0 Å². The summed E-state index contributed by atoms with van der Waals surface area (Å²) in [6.07, 6.45) is 3.62. The van der Waals surface area contributed by atoms with Crippen molar-refractivity contribution in [3.05, 3.63) is 0 Å². The Morgan fingerprint density at radius 3 is 2.64 bits per heavy atom. The highest BCUT2D eigenvalue weighted by molar-refractivity contribution is 14.0. The largest absolute Gasteiger partial charge is 0.382 e. The molecular formula is C16H34IN3O2. The Hall–Kier alpha value is -0.0800. The number of aliphatic imine (C=N–C) groups is 1. The van der Waals surface area contributed by atoms with E-state index in [-0.39, 0.29) is 24.0 Å². The Bertz CT molecular complexity index is 299. The molecule has 1 heterocycles. The van der Waals surface area contributed by atoms with Gasteiger partial charge in [-0.2, -0.15) is 0 Å². The molecule has 1 N–H and O–H groups in total. The first kappa shape index (κ1) is 21.9. The first-order valence-electron chi connectivity index (χ1n) is 8.27. The van der Waals surface area contributed by atoms with Crippen molar-refractivity contribution in [1.82, 2.24) is 10.2 Å². The molecule has 0 saturated carbocycles. The second kappa shape index (κ2) is 13.4. The first-order valence-corrected chi connectivity index (χ1v) is 8.27. The van der Waals surface area contributed by atoms with Gasteiger partial charge in [-0.1, -0.05) is 26.7 Å². The number of guanidine groups is 1. The van der Waals surface area contributed by atoms with Crippen molar-refractivity contribution in [1.29, 1.82) is 0 Å². The van der Waals surface area contributed by atoms with E-state index in [0.717, 1.165) is 38.1 Å². The summed E-state index contributed by atoms with van der Waals surface area (Å²) in [6.45, 7) is 9.82. The zero-order chi connectivity index (χ0) is 15.5. The minimum absolute atomic E-state index is 0. The third-order valence-corrected chi connectivity index (χ3v) is 4.29. The maximum atomic E-state index is 5.64. The molecule has 0 amide bonds. The zero-order valence-corrected chi connectivity index (χ0v) is 17.0. The highest BCUT2D eigenvalue weighted by Gasteiger charge is 2.25. The Balaban J connectivity index is 0.00000441. The van der Waals surface area contributed by atoms with E-state index in [1.165, 1.54) is 19.3 Å². The molecule has 0 aromatic carbocycles. The van der Waals surface area contributed by atoms with Crippen molar-refractivity contribution in [3.63, 3.8) is 0 Å². The van der Waals surface area contributed by atoms with E-state index in [1.807, 2.05) is 7.05 Å². The van der Waals surface area contributed by atoms with Crippen LogP contribution in [-0.2, 0) is 9.47 Å². The molecule has 1 unspecified atom stereocenters.